The largest absolute Gasteiger partial charge is 0.411 e. The number of hydrogen-bond acceptors (Lipinski definition) is 4. The molecule has 0 N–H and O–H groups in total. The molecule has 0 saturated carbocycles. The Morgan fingerprint density at radius 2 is 1.80 bits per heavy atom. The van der Waals surface area contributed by atoms with Gasteiger partial charge in [-0.05, 0) is 25.1 Å². The second-order valence-corrected chi connectivity index (χ2v) is 11.2. The molecule has 0 unspecified atom stereocenters. The van der Waals surface area contributed by atoms with Gasteiger partial charge in [-0.3, -0.25) is 0 Å². The van der Waals surface area contributed by atoms with E-state index in [1.165, 1.54) is 0 Å². The quantitative estimate of drug-likeness (QED) is 0.267. The van der Waals surface area contributed by atoms with Crippen LogP contribution in [0.4, 0.5) is 0 Å². The van der Waals surface area contributed by atoms with Crippen molar-refractivity contribution in [3.05, 3.63) is 12.7 Å². The molecule has 0 rings (SSSR count). The molecule has 0 spiro atoms. The number of ether oxygens (including phenoxy) is 3. The number of rotatable bonds is 10. The molecule has 0 aromatic carbocycles. The molecule has 20 heavy (non-hydrogen) atoms. The van der Waals surface area contributed by atoms with E-state index in [-0.39, 0.29) is 24.0 Å². The van der Waals surface area contributed by atoms with Crippen LogP contribution in [0.15, 0.2) is 12.7 Å². The SMILES string of the molecule is C=C[C@@H](OCOCCOC)[C@H](C)O[Si](C)(C)C(C)(C)C. The Morgan fingerprint density at radius 3 is 2.25 bits per heavy atom. The van der Waals surface area contributed by atoms with Gasteiger partial charge in [0.25, 0.3) is 0 Å². The lowest BCUT2D eigenvalue weighted by molar-refractivity contribution is -0.107. The topological polar surface area (TPSA) is 36.9 Å². The van der Waals surface area contributed by atoms with Crippen molar-refractivity contribution in [3.8, 4) is 0 Å². The lowest BCUT2D eigenvalue weighted by Crippen LogP contribution is -2.46. The van der Waals surface area contributed by atoms with Crippen LogP contribution in [0.1, 0.15) is 27.7 Å². The van der Waals surface area contributed by atoms with Crippen molar-refractivity contribution in [2.45, 2.75) is 58.0 Å². The zero-order chi connectivity index (χ0) is 15.8. The van der Waals surface area contributed by atoms with E-state index in [4.69, 9.17) is 18.6 Å². The molecule has 0 aromatic rings. The van der Waals surface area contributed by atoms with Crippen LogP contribution < -0.4 is 0 Å². The lowest BCUT2D eigenvalue weighted by Gasteiger charge is -2.39. The minimum Gasteiger partial charge on any atom is -0.411 e. The summed E-state index contributed by atoms with van der Waals surface area (Å²) in [6.07, 6.45) is 1.59. The fourth-order valence-corrected chi connectivity index (χ4v) is 2.85. The van der Waals surface area contributed by atoms with Crippen LogP contribution in [0.2, 0.25) is 18.1 Å². The third-order valence-corrected chi connectivity index (χ3v) is 8.33. The average Bonchev–Trinajstić information content (AvgIpc) is 2.31. The lowest BCUT2D eigenvalue weighted by atomic mass is 10.2. The highest BCUT2D eigenvalue weighted by molar-refractivity contribution is 6.74. The smallest absolute Gasteiger partial charge is 0.192 e. The monoisotopic (exact) mass is 304 g/mol. The molecule has 2 atom stereocenters. The van der Waals surface area contributed by atoms with Crippen molar-refractivity contribution in [2.75, 3.05) is 27.1 Å². The zero-order valence-electron chi connectivity index (χ0n) is 14.2. The van der Waals surface area contributed by atoms with Crippen LogP contribution in [0, 0.1) is 0 Å². The van der Waals surface area contributed by atoms with Gasteiger partial charge in [0.15, 0.2) is 8.32 Å². The molecule has 120 valence electrons. The first-order valence-electron chi connectivity index (χ1n) is 7.14. The predicted octanol–water partition coefficient (Wildman–Crippen LogP) is 3.59. The van der Waals surface area contributed by atoms with Crippen molar-refractivity contribution >= 4 is 8.32 Å². The van der Waals surface area contributed by atoms with Gasteiger partial charge in [0.1, 0.15) is 12.9 Å². The van der Waals surface area contributed by atoms with Gasteiger partial charge in [0, 0.05) is 7.11 Å². The molecule has 4 nitrogen and oxygen atoms in total. The second-order valence-electron chi connectivity index (χ2n) is 6.47. The first-order chi connectivity index (χ1) is 9.15. The van der Waals surface area contributed by atoms with Gasteiger partial charge in [-0.2, -0.15) is 0 Å². The Balaban J connectivity index is 4.27. The van der Waals surface area contributed by atoms with Gasteiger partial charge in [-0.15, -0.1) is 6.58 Å². The van der Waals surface area contributed by atoms with Crippen LogP contribution in [-0.4, -0.2) is 47.6 Å². The molecule has 0 aliphatic carbocycles. The van der Waals surface area contributed by atoms with Gasteiger partial charge in [-0.25, -0.2) is 0 Å². The molecule has 0 amide bonds. The van der Waals surface area contributed by atoms with Gasteiger partial charge in [0.05, 0.1) is 19.3 Å². The first kappa shape index (κ1) is 19.8. The Labute approximate surface area is 125 Å². The third-order valence-electron chi connectivity index (χ3n) is 3.76. The van der Waals surface area contributed by atoms with Crippen LogP contribution in [0.3, 0.4) is 0 Å². The van der Waals surface area contributed by atoms with Crippen molar-refractivity contribution in [1.82, 2.24) is 0 Å². The summed E-state index contributed by atoms with van der Waals surface area (Å²) in [6.45, 7) is 18.3. The fourth-order valence-electron chi connectivity index (χ4n) is 1.43. The van der Waals surface area contributed by atoms with E-state index in [0.29, 0.717) is 13.2 Å². The predicted molar refractivity (Wildman–Crippen MR) is 85.5 cm³/mol. The molecule has 0 aliphatic heterocycles. The highest BCUT2D eigenvalue weighted by Gasteiger charge is 2.39. The van der Waals surface area contributed by atoms with E-state index in [2.05, 4.69) is 40.4 Å². The van der Waals surface area contributed by atoms with E-state index < -0.39 is 8.32 Å². The Hall–Kier alpha value is -0.203. The van der Waals surface area contributed by atoms with Crippen LogP contribution >= 0.6 is 0 Å². The average molecular weight is 305 g/mol. The van der Waals surface area contributed by atoms with E-state index in [1.54, 1.807) is 13.2 Å². The fraction of sp³-hybridized carbons (Fsp3) is 0.867. The maximum absolute atomic E-state index is 6.30. The summed E-state index contributed by atoms with van der Waals surface area (Å²) < 4.78 is 22.2. The van der Waals surface area contributed by atoms with E-state index in [1.807, 2.05) is 6.92 Å². The summed E-state index contributed by atoms with van der Waals surface area (Å²) in [5.41, 5.74) is 0. The Bertz CT molecular complexity index is 274. The maximum atomic E-state index is 6.30. The highest BCUT2D eigenvalue weighted by atomic mass is 28.4. The molecule has 5 heteroatoms. The van der Waals surface area contributed by atoms with Gasteiger partial charge in [0.2, 0.25) is 0 Å². The molecule has 0 radical (unpaired) electrons. The molecule has 0 aromatic heterocycles. The summed E-state index contributed by atoms with van der Waals surface area (Å²) in [5, 5.41) is 0.182. The molecule has 0 bridgehead atoms. The Kier molecular flexibility index (Phi) is 8.86. The second kappa shape index (κ2) is 8.95. The number of methoxy groups -OCH3 is 1. The third kappa shape index (κ3) is 6.99. The summed E-state index contributed by atoms with van der Waals surface area (Å²) in [6, 6.07) is 0. The van der Waals surface area contributed by atoms with E-state index in [0.717, 1.165) is 0 Å². The molecule has 0 saturated heterocycles. The van der Waals surface area contributed by atoms with Crippen LogP contribution in [-0.2, 0) is 18.6 Å². The number of hydrogen-bond donors (Lipinski definition) is 0. The van der Waals surface area contributed by atoms with E-state index >= 15 is 0 Å². The normalized spacial score (nSPS) is 15.9. The summed E-state index contributed by atoms with van der Waals surface area (Å²) in [4.78, 5) is 0. The van der Waals surface area contributed by atoms with Gasteiger partial charge in [-0.1, -0.05) is 26.8 Å². The maximum Gasteiger partial charge on any atom is 0.192 e. The summed E-state index contributed by atoms with van der Waals surface area (Å²) >= 11 is 0. The minimum absolute atomic E-state index is 0.0283. The summed E-state index contributed by atoms with van der Waals surface area (Å²) in [7, 11) is -0.151. The van der Waals surface area contributed by atoms with Crippen molar-refractivity contribution in [2.24, 2.45) is 0 Å². The van der Waals surface area contributed by atoms with Crippen molar-refractivity contribution in [3.63, 3.8) is 0 Å². The zero-order valence-corrected chi connectivity index (χ0v) is 15.2. The highest BCUT2D eigenvalue weighted by Crippen LogP contribution is 2.37. The standard InChI is InChI=1S/C15H32O4Si/c1-9-14(18-12-17-11-10-16-6)13(2)19-20(7,8)15(3,4)5/h9,13-14H,1,10-12H2,2-8H3/t13-,14+/m0/s1. The first-order valence-corrected chi connectivity index (χ1v) is 10.0. The minimum atomic E-state index is -1.80. The molecule has 0 heterocycles. The molecule has 0 aliphatic rings. The molecular formula is C15H32O4Si. The van der Waals surface area contributed by atoms with Crippen molar-refractivity contribution < 1.29 is 18.6 Å². The van der Waals surface area contributed by atoms with E-state index in [9.17, 15) is 0 Å². The van der Waals surface area contributed by atoms with Gasteiger partial charge >= 0.3 is 0 Å². The molecular weight excluding hydrogens is 272 g/mol. The Morgan fingerprint density at radius 1 is 1.20 bits per heavy atom. The van der Waals surface area contributed by atoms with Gasteiger partial charge < -0.3 is 18.6 Å². The van der Waals surface area contributed by atoms with Crippen LogP contribution in [0.25, 0.3) is 0 Å². The summed E-state index contributed by atoms with van der Waals surface area (Å²) in [5.74, 6) is 0. The van der Waals surface area contributed by atoms with Crippen molar-refractivity contribution in [1.29, 1.82) is 0 Å². The molecule has 0 fully saturated rings. The van der Waals surface area contributed by atoms with Crippen LogP contribution in [0.5, 0.6) is 0 Å².